The van der Waals surface area contributed by atoms with Crippen LogP contribution in [0.15, 0.2) is 60.7 Å². The molecular weight excluding hydrogens is 454 g/mol. The second kappa shape index (κ2) is 9.72. The van der Waals surface area contributed by atoms with Gasteiger partial charge in [0.15, 0.2) is 0 Å². The summed E-state index contributed by atoms with van der Waals surface area (Å²) in [5.41, 5.74) is 1.08. The molecule has 1 saturated heterocycles. The lowest BCUT2D eigenvalue weighted by molar-refractivity contribution is -0.119. The maximum Gasteiger partial charge on any atom is 0.258 e. The van der Waals surface area contributed by atoms with Crippen LogP contribution in [0.25, 0.3) is 10.8 Å². The number of phenolic OH excluding ortho intramolecular Hbond substituents is 1. The number of aromatic hydroxyl groups is 1. The largest absolute Gasteiger partial charge is 0.506 e. The number of anilines is 2. The number of amides is 2. The first-order valence-corrected chi connectivity index (χ1v) is 12.9. The zero-order valence-corrected chi connectivity index (χ0v) is 19.6. The van der Waals surface area contributed by atoms with E-state index in [1.54, 1.807) is 55.5 Å². The van der Waals surface area contributed by atoms with Gasteiger partial charge in [0.2, 0.25) is 15.9 Å². The predicted octanol–water partition coefficient (Wildman–Crippen LogP) is 3.94. The number of fused-ring (bicyclic) bond motifs is 1. The zero-order valence-electron chi connectivity index (χ0n) is 18.8. The molecule has 34 heavy (non-hydrogen) atoms. The van der Waals surface area contributed by atoms with Gasteiger partial charge < -0.3 is 15.3 Å². The Kier molecular flexibility index (Phi) is 6.74. The quantitative estimate of drug-likeness (QED) is 0.473. The summed E-state index contributed by atoms with van der Waals surface area (Å²) < 4.78 is 26.3. The summed E-state index contributed by atoms with van der Waals surface area (Å²) in [4.78, 5) is 27.7. The van der Waals surface area contributed by atoms with Crippen LogP contribution >= 0.6 is 0 Å². The van der Waals surface area contributed by atoms with E-state index >= 15 is 0 Å². The van der Waals surface area contributed by atoms with Crippen molar-refractivity contribution in [2.75, 3.05) is 22.3 Å². The molecule has 1 atom stereocenters. The third kappa shape index (κ3) is 4.99. The molecule has 0 radical (unpaired) electrons. The Bertz CT molecular complexity index is 1320. The van der Waals surface area contributed by atoms with Gasteiger partial charge in [0.05, 0.1) is 11.3 Å². The number of nitrogens with zero attached hydrogens (tertiary/aromatic N) is 1. The lowest BCUT2D eigenvalue weighted by Crippen LogP contribution is -2.43. The van der Waals surface area contributed by atoms with Gasteiger partial charge in [0, 0.05) is 23.3 Å². The van der Waals surface area contributed by atoms with Crippen molar-refractivity contribution in [3.63, 3.8) is 0 Å². The predicted molar refractivity (Wildman–Crippen MR) is 132 cm³/mol. The highest BCUT2D eigenvalue weighted by molar-refractivity contribution is 7.92. The smallest absolute Gasteiger partial charge is 0.258 e. The Hall–Kier alpha value is -3.59. The highest BCUT2D eigenvalue weighted by atomic mass is 32.2. The molecule has 0 aliphatic carbocycles. The Morgan fingerprint density at radius 1 is 1.03 bits per heavy atom. The van der Waals surface area contributed by atoms with Crippen LogP contribution in [0.1, 0.15) is 36.5 Å². The van der Waals surface area contributed by atoms with Crippen LogP contribution in [0.2, 0.25) is 0 Å². The fraction of sp³-hybridized carbons (Fsp3) is 0.280. The minimum Gasteiger partial charge on any atom is -0.506 e. The van der Waals surface area contributed by atoms with Crippen LogP contribution in [0, 0.1) is 0 Å². The van der Waals surface area contributed by atoms with Gasteiger partial charge in [-0.2, -0.15) is 0 Å². The second-order valence-corrected chi connectivity index (χ2v) is 10.2. The Labute approximate surface area is 198 Å². The van der Waals surface area contributed by atoms with E-state index in [-0.39, 0.29) is 28.9 Å². The molecule has 178 valence electrons. The molecular formula is C25H27N3O5S. The Balaban J connectivity index is 1.46. The molecule has 3 aromatic carbocycles. The van der Waals surface area contributed by atoms with E-state index in [0.29, 0.717) is 42.6 Å². The molecule has 1 aliphatic rings. The van der Waals surface area contributed by atoms with Gasteiger partial charge in [-0.25, -0.2) is 8.42 Å². The fourth-order valence-corrected chi connectivity index (χ4v) is 5.35. The van der Waals surface area contributed by atoms with Crippen molar-refractivity contribution >= 4 is 44.0 Å². The van der Waals surface area contributed by atoms with Gasteiger partial charge in [-0.05, 0) is 55.0 Å². The zero-order chi connectivity index (χ0) is 24.3. The van der Waals surface area contributed by atoms with E-state index in [1.165, 1.54) is 4.90 Å². The van der Waals surface area contributed by atoms with E-state index in [9.17, 15) is 23.1 Å². The molecule has 1 heterocycles. The van der Waals surface area contributed by atoms with Crippen molar-refractivity contribution in [1.82, 2.24) is 4.90 Å². The molecule has 3 N–H and O–H groups in total. The van der Waals surface area contributed by atoms with E-state index in [0.717, 1.165) is 5.39 Å². The Morgan fingerprint density at radius 2 is 1.74 bits per heavy atom. The number of sulfonamides is 1. The fourth-order valence-electron chi connectivity index (χ4n) is 4.21. The summed E-state index contributed by atoms with van der Waals surface area (Å²) in [6.45, 7) is 2.21. The average molecular weight is 482 g/mol. The molecule has 0 saturated carbocycles. The van der Waals surface area contributed by atoms with Gasteiger partial charge in [-0.15, -0.1) is 0 Å². The SMILES string of the molecule is CCCS(=O)(=O)Nc1ccc(NC(=O)C2CCCN2C(=O)c2ccc3ccccc3c2O)cc1. The first kappa shape index (κ1) is 23.6. The van der Waals surface area contributed by atoms with Crippen molar-refractivity contribution in [3.8, 4) is 5.75 Å². The minimum absolute atomic E-state index is 0.0315. The molecule has 1 aliphatic heterocycles. The normalized spacial score (nSPS) is 15.9. The number of hydrogen-bond acceptors (Lipinski definition) is 5. The molecule has 1 unspecified atom stereocenters. The maximum absolute atomic E-state index is 13.2. The van der Waals surface area contributed by atoms with Crippen LogP contribution < -0.4 is 10.0 Å². The van der Waals surface area contributed by atoms with Crippen molar-refractivity contribution in [3.05, 3.63) is 66.2 Å². The summed E-state index contributed by atoms with van der Waals surface area (Å²) in [5.74, 6) is -0.772. The van der Waals surface area contributed by atoms with Gasteiger partial charge in [-0.1, -0.05) is 37.3 Å². The molecule has 0 aromatic heterocycles. The summed E-state index contributed by atoms with van der Waals surface area (Å²) in [5, 5.41) is 14.9. The van der Waals surface area contributed by atoms with Crippen molar-refractivity contribution < 1.29 is 23.1 Å². The van der Waals surface area contributed by atoms with E-state index in [2.05, 4.69) is 10.0 Å². The third-order valence-electron chi connectivity index (χ3n) is 5.85. The number of carbonyl (C=O) groups excluding carboxylic acids is 2. The first-order chi connectivity index (χ1) is 16.3. The lowest BCUT2D eigenvalue weighted by atomic mass is 10.0. The summed E-state index contributed by atoms with van der Waals surface area (Å²) in [6.07, 6.45) is 1.70. The summed E-state index contributed by atoms with van der Waals surface area (Å²) in [7, 11) is -3.40. The van der Waals surface area contributed by atoms with Gasteiger partial charge >= 0.3 is 0 Å². The van der Waals surface area contributed by atoms with Crippen LogP contribution in [0.4, 0.5) is 11.4 Å². The van der Waals surface area contributed by atoms with Gasteiger partial charge in [-0.3, -0.25) is 14.3 Å². The number of carbonyl (C=O) groups is 2. The summed E-state index contributed by atoms with van der Waals surface area (Å²) >= 11 is 0. The molecule has 8 nitrogen and oxygen atoms in total. The second-order valence-electron chi connectivity index (χ2n) is 8.33. The van der Waals surface area contributed by atoms with Gasteiger partial charge in [0.1, 0.15) is 11.8 Å². The van der Waals surface area contributed by atoms with Crippen molar-refractivity contribution in [2.24, 2.45) is 0 Å². The molecule has 1 fully saturated rings. The number of rotatable bonds is 7. The molecule has 3 aromatic rings. The first-order valence-electron chi connectivity index (χ1n) is 11.2. The van der Waals surface area contributed by atoms with Crippen LogP contribution in [-0.2, 0) is 14.8 Å². The van der Waals surface area contributed by atoms with Crippen LogP contribution in [0.5, 0.6) is 5.75 Å². The summed E-state index contributed by atoms with van der Waals surface area (Å²) in [6, 6.07) is 16.3. The molecule has 2 amide bonds. The topological polar surface area (TPSA) is 116 Å². The van der Waals surface area contributed by atoms with Gasteiger partial charge in [0.25, 0.3) is 5.91 Å². The van der Waals surface area contributed by atoms with E-state index < -0.39 is 16.1 Å². The monoisotopic (exact) mass is 481 g/mol. The molecule has 4 rings (SSSR count). The highest BCUT2D eigenvalue weighted by Gasteiger charge is 2.35. The maximum atomic E-state index is 13.2. The number of nitrogens with one attached hydrogen (secondary N) is 2. The lowest BCUT2D eigenvalue weighted by Gasteiger charge is -2.24. The Morgan fingerprint density at radius 3 is 2.47 bits per heavy atom. The average Bonchev–Trinajstić information content (AvgIpc) is 3.30. The minimum atomic E-state index is -3.40. The van der Waals surface area contributed by atoms with Crippen molar-refractivity contribution in [2.45, 2.75) is 32.2 Å². The van der Waals surface area contributed by atoms with Crippen LogP contribution in [-0.4, -0.2) is 48.6 Å². The number of hydrogen-bond donors (Lipinski definition) is 3. The third-order valence-corrected chi connectivity index (χ3v) is 7.34. The molecule has 0 spiro atoms. The van der Waals surface area contributed by atoms with Crippen LogP contribution in [0.3, 0.4) is 0 Å². The number of likely N-dealkylation sites (tertiary alicyclic amines) is 1. The number of phenols is 1. The van der Waals surface area contributed by atoms with E-state index in [4.69, 9.17) is 0 Å². The molecule has 0 bridgehead atoms. The number of benzene rings is 3. The standard InChI is InChI=1S/C25H27N3O5S/c1-2-16-34(32,33)27-19-12-10-18(11-13-19)26-24(30)22-8-5-15-28(22)25(31)21-14-9-17-6-3-4-7-20(17)23(21)29/h3-4,6-7,9-14,22,27,29H,2,5,8,15-16H2,1H3,(H,26,30). The van der Waals surface area contributed by atoms with E-state index in [1.807, 2.05) is 12.1 Å². The highest BCUT2D eigenvalue weighted by Crippen LogP contribution is 2.31. The molecule has 9 heteroatoms. The van der Waals surface area contributed by atoms with Crippen molar-refractivity contribution in [1.29, 1.82) is 0 Å².